The highest BCUT2D eigenvalue weighted by atomic mass is 79.9. The van der Waals surface area contributed by atoms with E-state index >= 15 is 0 Å². The molecule has 5 rings (SSSR count). The first-order valence-corrected chi connectivity index (χ1v) is 13.7. The van der Waals surface area contributed by atoms with Crippen LogP contribution in [0, 0.1) is 10.1 Å². The third kappa shape index (κ3) is 4.20. The summed E-state index contributed by atoms with van der Waals surface area (Å²) in [6.07, 6.45) is -0.159. The average molecular weight is 595 g/mol. The van der Waals surface area contributed by atoms with Gasteiger partial charge in [-0.3, -0.25) is 29.3 Å². The van der Waals surface area contributed by atoms with Crippen LogP contribution in [0.25, 0.3) is 0 Å². The van der Waals surface area contributed by atoms with Crippen molar-refractivity contribution in [3.8, 4) is 0 Å². The SMILES string of the molecule is CC(=O)OC(c1cc2n(n1)CSCC2)C1(Br)C(=O)N2C(C(=O)OCc3ccc([N+](=O)[O-])cc3)=CS[C@@H]21. The van der Waals surface area contributed by atoms with Crippen LogP contribution in [0.1, 0.15) is 30.0 Å². The molecule has 1 fully saturated rings. The van der Waals surface area contributed by atoms with Gasteiger partial charge in [0, 0.05) is 35.9 Å². The number of esters is 2. The molecule has 2 aromatic rings. The van der Waals surface area contributed by atoms with Crippen molar-refractivity contribution in [2.75, 3.05) is 5.75 Å². The Labute approximate surface area is 221 Å². The summed E-state index contributed by atoms with van der Waals surface area (Å²) in [6, 6.07) is 7.50. The number of ether oxygens (including phenoxy) is 2. The molecule has 4 heterocycles. The van der Waals surface area contributed by atoms with Gasteiger partial charge >= 0.3 is 11.9 Å². The number of carbonyl (C=O) groups is 3. The van der Waals surface area contributed by atoms with Crippen molar-refractivity contribution in [1.29, 1.82) is 0 Å². The van der Waals surface area contributed by atoms with E-state index in [-0.39, 0.29) is 18.0 Å². The van der Waals surface area contributed by atoms with Crippen molar-refractivity contribution in [1.82, 2.24) is 14.7 Å². The van der Waals surface area contributed by atoms with Gasteiger partial charge in [0.2, 0.25) is 0 Å². The van der Waals surface area contributed by atoms with Gasteiger partial charge in [-0.15, -0.1) is 23.5 Å². The standard InChI is InChI=1S/C22H19BrN4O7S2/c1-12(28)34-18(16-8-15-6-7-35-11-25(15)24-16)22(23)20(30)26-17(10-36-21(22)26)19(29)33-9-13-2-4-14(5-3-13)27(31)32/h2-5,8,10,18,21H,6-7,9,11H2,1H3/t18?,21-,22?/m1/s1. The van der Waals surface area contributed by atoms with E-state index in [1.54, 1.807) is 17.2 Å². The molecule has 188 valence electrons. The molecule has 0 saturated carbocycles. The smallest absolute Gasteiger partial charge is 0.355 e. The second-order valence-corrected chi connectivity index (χ2v) is 11.6. The van der Waals surface area contributed by atoms with Crippen molar-refractivity contribution in [3.05, 3.63) is 68.5 Å². The van der Waals surface area contributed by atoms with E-state index in [9.17, 15) is 24.5 Å². The molecule has 2 unspecified atom stereocenters. The highest BCUT2D eigenvalue weighted by Gasteiger charge is 2.69. The Morgan fingerprint density at radius 2 is 2.11 bits per heavy atom. The van der Waals surface area contributed by atoms with Crippen molar-refractivity contribution < 1.29 is 28.8 Å². The number of nitrogens with zero attached hydrogens (tertiary/aromatic N) is 4. The van der Waals surface area contributed by atoms with Crippen LogP contribution in [0.4, 0.5) is 5.69 Å². The Bertz CT molecular complexity index is 1270. The van der Waals surface area contributed by atoms with Gasteiger partial charge in [0.1, 0.15) is 23.4 Å². The zero-order chi connectivity index (χ0) is 25.6. The van der Waals surface area contributed by atoms with E-state index in [1.165, 1.54) is 47.9 Å². The largest absolute Gasteiger partial charge is 0.456 e. The number of hydrogen-bond donors (Lipinski definition) is 0. The summed E-state index contributed by atoms with van der Waals surface area (Å²) in [6.45, 7) is 1.16. The molecule has 3 aliphatic rings. The minimum absolute atomic E-state index is 0.0673. The van der Waals surface area contributed by atoms with Crippen LogP contribution in [0.15, 0.2) is 41.4 Å². The maximum atomic E-state index is 13.4. The number of fused-ring (bicyclic) bond motifs is 2. The number of halogens is 1. The number of rotatable bonds is 7. The molecule has 1 aromatic carbocycles. The fourth-order valence-corrected chi connectivity index (χ4v) is 7.35. The fourth-order valence-electron chi connectivity index (χ4n) is 4.20. The first-order valence-electron chi connectivity index (χ1n) is 10.8. The third-order valence-corrected chi connectivity index (χ3v) is 9.58. The van der Waals surface area contributed by atoms with Gasteiger partial charge in [0.05, 0.1) is 10.8 Å². The van der Waals surface area contributed by atoms with Crippen LogP contribution in [-0.4, -0.2) is 52.9 Å². The molecule has 14 heteroatoms. The Hall–Kier alpha value is -2.84. The van der Waals surface area contributed by atoms with Crippen LogP contribution in [0.3, 0.4) is 0 Å². The van der Waals surface area contributed by atoms with Gasteiger partial charge in [-0.25, -0.2) is 4.79 Å². The summed E-state index contributed by atoms with van der Waals surface area (Å²) < 4.78 is 11.5. The third-order valence-electron chi connectivity index (χ3n) is 5.97. The van der Waals surface area contributed by atoms with Gasteiger partial charge in [0.25, 0.3) is 11.6 Å². The lowest BCUT2D eigenvalue weighted by atomic mass is 9.88. The van der Waals surface area contributed by atoms with Gasteiger partial charge in [-0.2, -0.15) is 5.10 Å². The molecule has 1 aromatic heterocycles. The normalized spacial score (nSPS) is 23.2. The molecule has 36 heavy (non-hydrogen) atoms. The summed E-state index contributed by atoms with van der Waals surface area (Å²) in [5.74, 6) is -0.0536. The number of non-ortho nitro benzene ring substituents is 1. The number of alkyl halides is 1. The molecule has 11 nitrogen and oxygen atoms in total. The van der Waals surface area contributed by atoms with E-state index in [4.69, 9.17) is 9.47 Å². The number of amides is 1. The van der Waals surface area contributed by atoms with Crippen molar-refractivity contribution in [2.45, 2.75) is 41.6 Å². The van der Waals surface area contributed by atoms with Crippen LogP contribution < -0.4 is 0 Å². The number of aryl methyl sites for hydroxylation is 1. The molecule has 1 saturated heterocycles. The van der Waals surface area contributed by atoms with Gasteiger partial charge in [0.15, 0.2) is 10.4 Å². The Balaban J connectivity index is 1.30. The lowest BCUT2D eigenvalue weighted by Crippen LogP contribution is -2.70. The first kappa shape index (κ1) is 24.8. The highest BCUT2D eigenvalue weighted by molar-refractivity contribution is 9.10. The zero-order valence-corrected chi connectivity index (χ0v) is 22.0. The molecule has 0 spiro atoms. The number of nitro benzene ring substituents is 1. The summed E-state index contributed by atoms with van der Waals surface area (Å²) in [7, 11) is 0. The van der Waals surface area contributed by atoms with Crippen LogP contribution in [0.2, 0.25) is 0 Å². The Morgan fingerprint density at radius 3 is 2.78 bits per heavy atom. The topological polar surface area (TPSA) is 134 Å². The van der Waals surface area contributed by atoms with Gasteiger partial charge in [-0.05, 0) is 30.2 Å². The Kier molecular flexibility index (Phi) is 6.59. The molecular formula is C22H19BrN4O7S2. The summed E-state index contributed by atoms with van der Waals surface area (Å²) >= 11 is 6.53. The second kappa shape index (κ2) is 9.56. The van der Waals surface area contributed by atoms with E-state index < -0.39 is 38.6 Å². The predicted molar refractivity (Wildman–Crippen MR) is 134 cm³/mol. The number of aromatic nitrogens is 2. The summed E-state index contributed by atoms with van der Waals surface area (Å²) in [5.41, 5.74) is 2.06. The molecule has 1 amide bonds. The molecule has 0 radical (unpaired) electrons. The molecular weight excluding hydrogens is 576 g/mol. The van der Waals surface area contributed by atoms with Crippen molar-refractivity contribution in [3.63, 3.8) is 0 Å². The van der Waals surface area contributed by atoms with Gasteiger partial charge < -0.3 is 9.47 Å². The number of benzene rings is 1. The second-order valence-electron chi connectivity index (χ2n) is 8.27. The number of hydrogen-bond acceptors (Lipinski definition) is 10. The van der Waals surface area contributed by atoms with Crippen LogP contribution in [0.5, 0.6) is 0 Å². The minimum Gasteiger partial charge on any atom is -0.456 e. The Morgan fingerprint density at radius 1 is 1.36 bits per heavy atom. The maximum Gasteiger partial charge on any atom is 0.355 e. The first-order chi connectivity index (χ1) is 17.2. The molecule has 3 atom stereocenters. The van der Waals surface area contributed by atoms with E-state index in [2.05, 4.69) is 21.0 Å². The lowest BCUT2D eigenvalue weighted by Gasteiger charge is -2.51. The number of carbonyl (C=O) groups excluding carboxylic acids is 3. The number of thioether (sulfide) groups is 2. The summed E-state index contributed by atoms with van der Waals surface area (Å²) in [5, 5.41) is 16.4. The molecule has 0 bridgehead atoms. The monoisotopic (exact) mass is 594 g/mol. The molecule has 3 aliphatic heterocycles. The lowest BCUT2D eigenvalue weighted by molar-refractivity contribution is -0.384. The van der Waals surface area contributed by atoms with Crippen molar-refractivity contribution in [2.24, 2.45) is 0 Å². The maximum absolute atomic E-state index is 13.4. The van der Waals surface area contributed by atoms with Crippen LogP contribution >= 0.6 is 39.5 Å². The predicted octanol–water partition coefficient (Wildman–Crippen LogP) is 3.28. The number of nitro groups is 1. The molecule has 0 N–H and O–H groups in total. The van der Waals surface area contributed by atoms with Gasteiger partial charge in [-0.1, -0.05) is 15.9 Å². The highest BCUT2D eigenvalue weighted by Crippen LogP contribution is 2.58. The number of β-lactam (4-membered cyclic amide) rings is 1. The average Bonchev–Trinajstić information content (AvgIpc) is 3.48. The minimum atomic E-state index is -1.31. The zero-order valence-electron chi connectivity index (χ0n) is 18.8. The fraction of sp³-hybridized carbons (Fsp3) is 0.364. The van der Waals surface area contributed by atoms with E-state index in [1.807, 2.05) is 10.7 Å². The van der Waals surface area contributed by atoms with E-state index in [0.717, 1.165) is 17.9 Å². The van der Waals surface area contributed by atoms with Crippen LogP contribution in [-0.2, 0) is 42.8 Å². The summed E-state index contributed by atoms with van der Waals surface area (Å²) in [4.78, 5) is 49.8. The molecule has 0 aliphatic carbocycles. The van der Waals surface area contributed by atoms with Crippen molar-refractivity contribution >= 4 is 63.0 Å². The quantitative estimate of drug-likeness (QED) is 0.154. The van der Waals surface area contributed by atoms with E-state index in [0.29, 0.717) is 17.1 Å².